The van der Waals surface area contributed by atoms with Gasteiger partial charge in [-0.05, 0) is 48.7 Å². The zero-order valence-electron chi connectivity index (χ0n) is 11.3. The fourth-order valence-electron chi connectivity index (χ4n) is 2.40. The van der Waals surface area contributed by atoms with Crippen molar-refractivity contribution in [2.45, 2.75) is 26.4 Å². The molecule has 0 aromatic heterocycles. The van der Waals surface area contributed by atoms with E-state index in [0.717, 1.165) is 23.8 Å². The van der Waals surface area contributed by atoms with E-state index in [1.807, 2.05) is 0 Å². The number of aliphatic hydroxyl groups is 1. The first-order valence-corrected chi connectivity index (χ1v) is 6.26. The zero-order chi connectivity index (χ0) is 14.9. The van der Waals surface area contributed by atoms with Gasteiger partial charge in [0.1, 0.15) is 17.5 Å². The Hall–Kier alpha value is -1.81. The van der Waals surface area contributed by atoms with Crippen molar-refractivity contribution in [2.75, 3.05) is 0 Å². The van der Waals surface area contributed by atoms with Gasteiger partial charge in [-0.3, -0.25) is 0 Å². The fraction of sp³-hybridized carbons (Fsp3) is 0.250. The number of hydrogen-bond donors (Lipinski definition) is 1. The summed E-state index contributed by atoms with van der Waals surface area (Å²) in [6, 6.07) is 6.11. The molecule has 0 aliphatic heterocycles. The molecule has 2 aromatic carbocycles. The molecular formula is C16H15F3O. The molecule has 0 saturated heterocycles. The van der Waals surface area contributed by atoms with Crippen LogP contribution in [-0.2, 0) is 6.42 Å². The minimum atomic E-state index is -1.14. The third-order valence-electron chi connectivity index (χ3n) is 3.17. The van der Waals surface area contributed by atoms with Crippen LogP contribution in [0.15, 0.2) is 30.3 Å². The number of aliphatic hydroxyl groups excluding tert-OH is 1. The van der Waals surface area contributed by atoms with Crippen LogP contribution in [0, 0.1) is 31.3 Å². The van der Waals surface area contributed by atoms with Crippen molar-refractivity contribution >= 4 is 0 Å². The Kier molecular flexibility index (Phi) is 4.14. The van der Waals surface area contributed by atoms with Crippen LogP contribution in [0.1, 0.15) is 28.4 Å². The smallest absolute Gasteiger partial charge is 0.129 e. The summed E-state index contributed by atoms with van der Waals surface area (Å²) in [5.41, 5.74) is 1.83. The summed E-state index contributed by atoms with van der Waals surface area (Å²) in [5, 5.41) is 10.1. The molecular weight excluding hydrogens is 265 g/mol. The van der Waals surface area contributed by atoms with Gasteiger partial charge in [-0.1, -0.05) is 6.07 Å². The van der Waals surface area contributed by atoms with Crippen LogP contribution in [0.25, 0.3) is 0 Å². The topological polar surface area (TPSA) is 20.2 Å². The first kappa shape index (κ1) is 14.6. The first-order chi connectivity index (χ1) is 9.36. The summed E-state index contributed by atoms with van der Waals surface area (Å²) in [5.74, 6) is -1.94. The Labute approximate surface area is 115 Å². The Morgan fingerprint density at radius 1 is 0.950 bits per heavy atom. The number of hydrogen-bond acceptors (Lipinski definition) is 1. The molecule has 2 rings (SSSR count). The minimum absolute atomic E-state index is 0.0461. The maximum absolute atomic E-state index is 13.9. The molecule has 0 amide bonds. The van der Waals surface area contributed by atoms with E-state index in [1.165, 1.54) is 6.07 Å². The second kappa shape index (κ2) is 5.67. The number of benzene rings is 2. The van der Waals surface area contributed by atoms with Gasteiger partial charge in [0.15, 0.2) is 0 Å². The van der Waals surface area contributed by atoms with Gasteiger partial charge in [-0.25, -0.2) is 13.2 Å². The number of halogens is 3. The molecule has 0 radical (unpaired) electrons. The van der Waals surface area contributed by atoms with Gasteiger partial charge in [0.05, 0.1) is 6.10 Å². The van der Waals surface area contributed by atoms with E-state index in [-0.39, 0.29) is 17.5 Å². The Morgan fingerprint density at radius 3 is 2.10 bits per heavy atom. The van der Waals surface area contributed by atoms with Crippen molar-refractivity contribution in [3.63, 3.8) is 0 Å². The molecule has 106 valence electrons. The van der Waals surface area contributed by atoms with Crippen LogP contribution in [-0.4, -0.2) is 5.11 Å². The van der Waals surface area contributed by atoms with Gasteiger partial charge >= 0.3 is 0 Å². The Morgan fingerprint density at radius 2 is 1.55 bits per heavy atom. The normalized spacial score (nSPS) is 12.5. The van der Waals surface area contributed by atoms with Crippen molar-refractivity contribution in [2.24, 2.45) is 0 Å². The summed E-state index contributed by atoms with van der Waals surface area (Å²) in [6.07, 6.45) is -1.19. The molecule has 20 heavy (non-hydrogen) atoms. The highest BCUT2D eigenvalue weighted by Gasteiger charge is 2.17. The molecule has 0 saturated carbocycles. The van der Waals surface area contributed by atoms with Crippen LogP contribution in [0.5, 0.6) is 0 Å². The number of rotatable bonds is 3. The van der Waals surface area contributed by atoms with Gasteiger partial charge < -0.3 is 5.11 Å². The minimum Gasteiger partial charge on any atom is -0.388 e. The first-order valence-electron chi connectivity index (χ1n) is 6.26. The highest BCUT2D eigenvalue weighted by molar-refractivity contribution is 5.34. The lowest BCUT2D eigenvalue weighted by Crippen LogP contribution is -2.07. The molecule has 1 atom stereocenters. The van der Waals surface area contributed by atoms with Crippen molar-refractivity contribution in [1.29, 1.82) is 0 Å². The molecule has 0 bridgehead atoms. The van der Waals surface area contributed by atoms with Crippen molar-refractivity contribution in [3.8, 4) is 0 Å². The third-order valence-corrected chi connectivity index (χ3v) is 3.17. The average Bonchev–Trinajstić information content (AvgIpc) is 2.25. The summed E-state index contributed by atoms with van der Waals surface area (Å²) >= 11 is 0. The van der Waals surface area contributed by atoms with Crippen LogP contribution >= 0.6 is 0 Å². The standard InChI is InChI=1S/C16H15F3O/c1-9-3-10(2)16(14(19)4-9)15(20)7-11-5-12(17)8-13(18)6-11/h3-6,8,15,20H,7H2,1-2H3. The monoisotopic (exact) mass is 280 g/mol. The quantitative estimate of drug-likeness (QED) is 0.901. The second-order valence-corrected chi connectivity index (χ2v) is 4.97. The Balaban J connectivity index is 2.30. The van der Waals surface area contributed by atoms with Gasteiger partial charge in [0, 0.05) is 18.1 Å². The van der Waals surface area contributed by atoms with Gasteiger partial charge in [-0.2, -0.15) is 0 Å². The zero-order valence-corrected chi connectivity index (χ0v) is 11.3. The molecule has 1 N–H and O–H groups in total. The van der Waals surface area contributed by atoms with Crippen LogP contribution < -0.4 is 0 Å². The van der Waals surface area contributed by atoms with Gasteiger partial charge in [0.2, 0.25) is 0 Å². The van der Waals surface area contributed by atoms with Crippen molar-refractivity contribution < 1.29 is 18.3 Å². The lowest BCUT2D eigenvalue weighted by molar-refractivity contribution is 0.172. The summed E-state index contributed by atoms with van der Waals surface area (Å²) < 4.78 is 40.1. The highest BCUT2D eigenvalue weighted by atomic mass is 19.1. The maximum Gasteiger partial charge on any atom is 0.129 e. The third kappa shape index (κ3) is 3.20. The highest BCUT2D eigenvalue weighted by Crippen LogP contribution is 2.26. The summed E-state index contributed by atoms with van der Waals surface area (Å²) in [7, 11) is 0. The SMILES string of the molecule is Cc1cc(C)c(C(O)Cc2cc(F)cc(F)c2)c(F)c1. The van der Waals surface area contributed by atoms with Crippen LogP contribution in [0.2, 0.25) is 0 Å². The molecule has 0 spiro atoms. The summed E-state index contributed by atoms with van der Waals surface area (Å²) in [4.78, 5) is 0. The Bertz CT molecular complexity index is 594. The summed E-state index contributed by atoms with van der Waals surface area (Å²) in [6.45, 7) is 3.45. The average molecular weight is 280 g/mol. The van der Waals surface area contributed by atoms with Crippen molar-refractivity contribution in [3.05, 3.63) is 70.0 Å². The van der Waals surface area contributed by atoms with Crippen LogP contribution in [0.4, 0.5) is 13.2 Å². The van der Waals surface area contributed by atoms with Gasteiger partial charge in [-0.15, -0.1) is 0 Å². The maximum atomic E-state index is 13.9. The molecule has 1 unspecified atom stereocenters. The van der Waals surface area contributed by atoms with Crippen molar-refractivity contribution in [1.82, 2.24) is 0 Å². The van der Waals surface area contributed by atoms with E-state index in [2.05, 4.69) is 0 Å². The fourth-order valence-corrected chi connectivity index (χ4v) is 2.40. The van der Waals surface area contributed by atoms with Crippen LogP contribution in [0.3, 0.4) is 0 Å². The predicted octanol–water partition coefficient (Wildman–Crippen LogP) is 4.00. The molecule has 2 aromatic rings. The van der Waals surface area contributed by atoms with E-state index in [0.29, 0.717) is 5.56 Å². The lowest BCUT2D eigenvalue weighted by atomic mass is 9.95. The lowest BCUT2D eigenvalue weighted by Gasteiger charge is -2.16. The van der Waals surface area contributed by atoms with E-state index in [4.69, 9.17) is 0 Å². The van der Waals surface area contributed by atoms with E-state index < -0.39 is 23.6 Å². The number of aryl methyl sites for hydroxylation is 2. The molecule has 0 aliphatic carbocycles. The van der Waals surface area contributed by atoms with E-state index >= 15 is 0 Å². The molecule has 0 fully saturated rings. The largest absolute Gasteiger partial charge is 0.388 e. The van der Waals surface area contributed by atoms with E-state index in [9.17, 15) is 18.3 Å². The van der Waals surface area contributed by atoms with E-state index in [1.54, 1.807) is 19.9 Å². The van der Waals surface area contributed by atoms with Gasteiger partial charge in [0.25, 0.3) is 0 Å². The molecule has 4 heteroatoms. The molecule has 1 nitrogen and oxygen atoms in total. The predicted molar refractivity (Wildman–Crippen MR) is 70.9 cm³/mol. The second-order valence-electron chi connectivity index (χ2n) is 4.97. The molecule has 0 heterocycles. The molecule has 0 aliphatic rings.